The van der Waals surface area contributed by atoms with E-state index in [4.69, 9.17) is 0 Å². The van der Waals surface area contributed by atoms with Gasteiger partial charge in [0, 0.05) is 25.3 Å². The van der Waals surface area contributed by atoms with Crippen molar-refractivity contribution in [3.05, 3.63) is 29.8 Å². The molecule has 20 heavy (non-hydrogen) atoms. The Balaban J connectivity index is 1.85. The van der Waals surface area contributed by atoms with E-state index >= 15 is 0 Å². The highest BCUT2D eigenvalue weighted by atomic mass is 16.2. The van der Waals surface area contributed by atoms with Crippen molar-refractivity contribution in [2.75, 3.05) is 18.9 Å². The zero-order valence-corrected chi connectivity index (χ0v) is 12.3. The van der Waals surface area contributed by atoms with Crippen molar-refractivity contribution in [1.29, 1.82) is 0 Å². The minimum Gasteiger partial charge on any atom is -0.387 e. The lowest BCUT2D eigenvalue weighted by Crippen LogP contribution is -2.49. The van der Waals surface area contributed by atoms with Crippen LogP contribution in [0.3, 0.4) is 0 Å². The van der Waals surface area contributed by atoms with Crippen molar-refractivity contribution in [2.24, 2.45) is 5.92 Å². The molecular formula is C17H24N2O. The van der Waals surface area contributed by atoms with Crippen molar-refractivity contribution in [2.45, 2.75) is 44.6 Å². The Kier molecular flexibility index (Phi) is 3.95. The van der Waals surface area contributed by atoms with Crippen LogP contribution in [0.15, 0.2) is 24.3 Å². The quantitative estimate of drug-likeness (QED) is 0.893. The van der Waals surface area contributed by atoms with Crippen molar-refractivity contribution in [1.82, 2.24) is 4.90 Å². The summed E-state index contributed by atoms with van der Waals surface area (Å²) in [6.07, 6.45) is 7.59. The molecule has 2 unspecified atom stereocenters. The topological polar surface area (TPSA) is 32.3 Å². The first-order valence-electron chi connectivity index (χ1n) is 7.89. The molecule has 1 heterocycles. The molecule has 2 atom stereocenters. The minimum atomic E-state index is 0.214. The Morgan fingerprint density at radius 3 is 2.75 bits per heavy atom. The third kappa shape index (κ3) is 2.41. The molecule has 1 saturated carbocycles. The molecule has 2 aliphatic rings. The maximum absolute atomic E-state index is 12.9. The highest BCUT2D eigenvalue weighted by molar-refractivity contribution is 5.99. The number of hydrogen-bond acceptors (Lipinski definition) is 2. The summed E-state index contributed by atoms with van der Waals surface area (Å²) >= 11 is 0. The standard InChI is InChI=1S/C17H24N2O/c1-18-15-10-4-3-9-14(15)17(20)19-12-6-8-13-7-2-5-11-16(13)19/h3-4,9-10,13,16,18H,2,5-8,11-12H2,1H3. The zero-order valence-electron chi connectivity index (χ0n) is 12.3. The molecule has 1 aliphatic heterocycles. The number of nitrogens with zero attached hydrogens (tertiary/aromatic N) is 1. The summed E-state index contributed by atoms with van der Waals surface area (Å²) in [4.78, 5) is 15.1. The summed E-state index contributed by atoms with van der Waals surface area (Å²) in [5, 5.41) is 3.14. The van der Waals surface area contributed by atoms with Crippen LogP contribution in [0.1, 0.15) is 48.9 Å². The molecule has 0 radical (unpaired) electrons. The lowest BCUT2D eigenvalue weighted by molar-refractivity contribution is 0.0391. The van der Waals surface area contributed by atoms with Gasteiger partial charge in [-0.25, -0.2) is 0 Å². The second-order valence-electron chi connectivity index (χ2n) is 6.05. The van der Waals surface area contributed by atoms with E-state index in [1.54, 1.807) is 0 Å². The van der Waals surface area contributed by atoms with Gasteiger partial charge in [0.25, 0.3) is 5.91 Å². The summed E-state index contributed by atoms with van der Waals surface area (Å²) < 4.78 is 0. The molecule has 3 rings (SSSR count). The fraction of sp³-hybridized carbons (Fsp3) is 0.588. The number of piperidine rings is 1. The molecule has 0 bridgehead atoms. The monoisotopic (exact) mass is 272 g/mol. The molecule has 1 saturated heterocycles. The maximum atomic E-state index is 12.9. The van der Waals surface area contributed by atoms with Crippen LogP contribution in [0.5, 0.6) is 0 Å². The van der Waals surface area contributed by atoms with Gasteiger partial charge in [0.15, 0.2) is 0 Å². The van der Waals surface area contributed by atoms with Gasteiger partial charge < -0.3 is 10.2 Å². The van der Waals surface area contributed by atoms with E-state index in [1.165, 1.54) is 32.1 Å². The van der Waals surface area contributed by atoms with E-state index in [0.29, 0.717) is 6.04 Å². The number of carbonyl (C=O) groups excluding carboxylic acids is 1. The van der Waals surface area contributed by atoms with Gasteiger partial charge in [-0.05, 0) is 43.7 Å². The van der Waals surface area contributed by atoms with E-state index < -0.39 is 0 Å². The predicted octanol–water partition coefficient (Wildman–Crippen LogP) is 3.52. The first-order valence-corrected chi connectivity index (χ1v) is 7.89. The minimum absolute atomic E-state index is 0.214. The van der Waals surface area contributed by atoms with E-state index in [9.17, 15) is 4.79 Å². The van der Waals surface area contributed by atoms with Crippen LogP contribution < -0.4 is 5.32 Å². The lowest BCUT2D eigenvalue weighted by Gasteiger charge is -2.44. The summed E-state index contributed by atoms with van der Waals surface area (Å²) in [6.45, 7) is 0.929. The summed E-state index contributed by atoms with van der Waals surface area (Å²) in [6, 6.07) is 8.34. The molecule has 0 spiro atoms. The van der Waals surface area contributed by atoms with Crippen molar-refractivity contribution < 1.29 is 4.79 Å². The normalized spacial score (nSPS) is 25.9. The van der Waals surface area contributed by atoms with Crippen LogP contribution in [0.2, 0.25) is 0 Å². The van der Waals surface area contributed by atoms with Crippen molar-refractivity contribution >= 4 is 11.6 Å². The molecule has 2 fully saturated rings. The Bertz CT molecular complexity index is 484. The second-order valence-corrected chi connectivity index (χ2v) is 6.05. The maximum Gasteiger partial charge on any atom is 0.256 e. The first kappa shape index (κ1) is 13.5. The summed E-state index contributed by atoms with van der Waals surface area (Å²) in [7, 11) is 1.88. The van der Waals surface area contributed by atoms with Crippen LogP contribution in [0.25, 0.3) is 0 Å². The number of anilines is 1. The molecule has 108 valence electrons. The van der Waals surface area contributed by atoms with Crippen LogP contribution in [-0.2, 0) is 0 Å². The number of para-hydroxylation sites is 1. The van der Waals surface area contributed by atoms with Crippen LogP contribution in [-0.4, -0.2) is 30.4 Å². The fourth-order valence-corrected chi connectivity index (χ4v) is 3.92. The first-order chi connectivity index (χ1) is 9.81. The van der Waals surface area contributed by atoms with Gasteiger partial charge in [0.2, 0.25) is 0 Å². The fourth-order valence-electron chi connectivity index (χ4n) is 3.92. The number of amides is 1. The molecule has 0 aromatic heterocycles. The van der Waals surface area contributed by atoms with Gasteiger partial charge in [0.1, 0.15) is 0 Å². The molecular weight excluding hydrogens is 248 g/mol. The van der Waals surface area contributed by atoms with Crippen molar-refractivity contribution in [3.8, 4) is 0 Å². The van der Waals surface area contributed by atoms with E-state index in [0.717, 1.165) is 30.1 Å². The van der Waals surface area contributed by atoms with E-state index in [2.05, 4.69) is 10.2 Å². The van der Waals surface area contributed by atoms with Gasteiger partial charge in [0.05, 0.1) is 5.56 Å². The van der Waals surface area contributed by atoms with Gasteiger partial charge in [-0.1, -0.05) is 25.0 Å². The zero-order chi connectivity index (χ0) is 13.9. The summed E-state index contributed by atoms with van der Waals surface area (Å²) in [5.74, 6) is 0.953. The van der Waals surface area contributed by atoms with Crippen LogP contribution in [0, 0.1) is 5.92 Å². The highest BCUT2D eigenvalue weighted by Crippen LogP contribution is 2.36. The summed E-state index contributed by atoms with van der Waals surface area (Å²) in [5.41, 5.74) is 1.76. The molecule has 3 nitrogen and oxygen atoms in total. The Morgan fingerprint density at radius 1 is 1.15 bits per heavy atom. The van der Waals surface area contributed by atoms with Crippen LogP contribution >= 0.6 is 0 Å². The lowest BCUT2D eigenvalue weighted by atomic mass is 9.78. The van der Waals surface area contributed by atoms with E-state index in [1.807, 2.05) is 31.3 Å². The number of fused-ring (bicyclic) bond motifs is 1. The van der Waals surface area contributed by atoms with Gasteiger partial charge in [-0.2, -0.15) is 0 Å². The Morgan fingerprint density at radius 2 is 1.90 bits per heavy atom. The van der Waals surface area contributed by atoms with Crippen molar-refractivity contribution in [3.63, 3.8) is 0 Å². The molecule has 1 aromatic rings. The van der Waals surface area contributed by atoms with Crippen LogP contribution in [0.4, 0.5) is 5.69 Å². The second kappa shape index (κ2) is 5.86. The number of hydrogen-bond donors (Lipinski definition) is 1. The molecule has 3 heteroatoms. The number of likely N-dealkylation sites (tertiary alicyclic amines) is 1. The third-order valence-electron chi connectivity index (χ3n) is 4.93. The van der Waals surface area contributed by atoms with Gasteiger partial charge in [-0.15, -0.1) is 0 Å². The van der Waals surface area contributed by atoms with Gasteiger partial charge in [-0.3, -0.25) is 4.79 Å². The van der Waals surface area contributed by atoms with Gasteiger partial charge >= 0.3 is 0 Å². The third-order valence-corrected chi connectivity index (χ3v) is 4.93. The number of nitrogens with one attached hydrogen (secondary N) is 1. The number of benzene rings is 1. The SMILES string of the molecule is CNc1ccccc1C(=O)N1CCCC2CCCCC21. The smallest absolute Gasteiger partial charge is 0.256 e. The number of rotatable bonds is 2. The molecule has 1 aromatic carbocycles. The largest absolute Gasteiger partial charge is 0.387 e. The average molecular weight is 272 g/mol. The van der Waals surface area contributed by atoms with E-state index in [-0.39, 0.29) is 5.91 Å². The molecule has 1 N–H and O–H groups in total. The predicted molar refractivity (Wildman–Crippen MR) is 82.0 cm³/mol. The molecule has 1 aliphatic carbocycles. The molecule has 1 amide bonds. The number of carbonyl (C=O) groups is 1. The Labute approximate surface area is 121 Å². The Hall–Kier alpha value is -1.51. The average Bonchev–Trinajstić information content (AvgIpc) is 2.53. The highest BCUT2D eigenvalue weighted by Gasteiger charge is 2.36.